The van der Waals surface area contributed by atoms with Crippen molar-refractivity contribution in [3.05, 3.63) is 76.9 Å². The lowest BCUT2D eigenvalue weighted by atomic mass is 10.1. The van der Waals surface area contributed by atoms with Crippen LogP contribution < -0.4 is 0 Å². The van der Waals surface area contributed by atoms with E-state index < -0.39 is 11.8 Å². The topological polar surface area (TPSA) is 54.4 Å². The number of Topliss-reactive ketones (excluding diaryl/α,β-unsaturated/α-hetero) is 1. The largest absolute Gasteiger partial charge is 0.475 e. The Morgan fingerprint density at radius 1 is 1.00 bits per heavy atom. The van der Waals surface area contributed by atoms with Crippen LogP contribution in [0.5, 0.6) is 0 Å². The lowest BCUT2D eigenvalue weighted by molar-refractivity contribution is -0.147. The highest BCUT2D eigenvalue weighted by molar-refractivity contribution is 6.42. The molecule has 0 unspecified atom stereocenters. The zero-order chi connectivity index (χ0) is 15.9. The summed E-state index contributed by atoms with van der Waals surface area (Å²) < 4.78 is 0. The molecule has 0 fully saturated rings. The first-order chi connectivity index (χ1) is 10.6. The molecule has 0 aliphatic rings. The average Bonchev–Trinajstić information content (AvgIpc) is 2.53. The highest BCUT2D eigenvalue weighted by Crippen LogP contribution is 2.08. The highest BCUT2D eigenvalue weighted by atomic mass is 16.4. The number of aryl methyl sites for hydroxylation is 1. The number of carboxylic acids is 1. The molecule has 0 radical (unpaired) electrons. The van der Waals surface area contributed by atoms with Crippen molar-refractivity contribution in [1.82, 2.24) is 0 Å². The third-order valence-corrected chi connectivity index (χ3v) is 2.94. The van der Waals surface area contributed by atoms with Crippen molar-refractivity contribution in [3.63, 3.8) is 0 Å². The zero-order valence-corrected chi connectivity index (χ0v) is 12.0. The van der Waals surface area contributed by atoms with Gasteiger partial charge in [-0.2, -0.15) is 0 Å². The molecule has 1 N–H and O–H groups in total. The van der Waals surface area contributed by atoms with Crippen LogP contribution in [0, 0.1) is 18.8 Å². The van der Waals surface area contributed by atoms with Crippen molar-refractivity contribution < 1.29 is 14.7 Å². The van der Waals surface area contributed by atoms with Crippen molar-refractivity contribution in [2.24, 2.45) is 0 Å². The van der Waals surface area contributed by atoms with Crippen LogP contribution in [0.1, 0.15) is 16.7 Å². The monoisotopic (exact) mass is 290 g/mol. The van der Waals surface area contributed by atoms with E-state index in [9.17, 15) is 9.59 Å². The molecule has 0 heterocycles. The van der Waals surface area contributed by atoms with E-state index in [0.717, 1.165) is 16.7 Å². The van der Waals surface area contributed by atoms with Crippen LogP contribution in [0.2, 0.25) is 0 Å². The van der Waals surface area contributed by atoms with Gasteiger partial charge < -0.3 is 5.11 Å². The Bertz CT molecular complexity index is 773. The highest BCUT2D eigenvalue weighted by Gasteiger charge is 2.15. The van der Waals surface area contributed by atoms with Gasteiger partial charge in [0.25, 0.3) is 5.78 Å². The summed E-state index contributed by atoms with van der Waals surface area (Å²) >= 11 is 0. The molecule has 2 aromatic rings. The summed E-state index contributed by atoms with van der Waals surface area (Å²) in [6.07, 6.45) is 1.48. The lowest BCUT2D eigenvalue weighted by Gasteiger charge is -1.97. The molecular weight excluding hydrogens is 276 g/mol. The maximum atomic E-state index is 11.8. The molecule has 108 valence electrons. The normalized spacial score (nSPS) is 10.5. The number of rotatable bonds is 3. The van der Waals surface area contributed by atoms with Crippen molar-refractivity contribution in [3.8, 4) is 11.8 Å². The van der Waals surface area contributed by atoms with Gasteiger partial charge in [-0.05, 0) is 30.7 Å². The molecule has 3 heteroatoms. The molecule has 0 bridgehead atoms. The van der Waals surface area contributed by atoms with E-state index in [2.05, 4.69) is 11.8 Å². The SMILES string of the molecule is Cc1ccc(C#CC(=Cc2ccccc2)C(=O)C(=O)O)cc1. The fraction of sp³-hybridized carbons (Fsp3) is 0.0526. The van der Waals surface area contributed by atoms with Crippen molar-refractivity contribution in [1.29, 1.82) is 0 Å². The van der Waals surface area contributed by atoms with Crippen LogP contribution in [0.3, 0.4) is 0 Å². The second-order valence-corrected chi connectivity index (χ2v) is 4.72. The fourth-order valence-electron chi connectivity index (χ4n) is 1.77. The minimum absolute atomic E-state index is 0.0423. The van der Waals surface area contributed by atoms with E-state index in [1.165, 1.54) is 6.08 Å². The summed E-state index contributed by atoms with van der Waals surface area (Å²) in [6, 6.07) is 16.5. The smallest absolute Gasteiger partial charge is 0.377 e. The van der Waals surface area contributed by atoms with Crippen LogP contribution >= 0.6 is 0 Å². The second-order valence-electron chi connectivity index (χ2n) is 4.72. The van der Waals surface area contributed by atoms with E-state index in [-0.39, 0.29) is 5.57 Å². The molecule has 0 saturated heterocycles. The molecule has 0 aliphatic heterocycles. The van der Waals surface area contributed by atoms with Gasteiger partial charge in [0, 0.05) is 5.56 Å². The number of aliphatic carboxylic acids is 1. The Balaban J connectivity index is 2.38. The molecule has 2 rings (SSSR count). The van der Waals surface area contributed by atoms with E-state index in [4.69, 9.17) is 5.11 Å². The number of ketones is 1. The first-order valence-corrected chi connectivity index (χ1v) is 6.69. The van der Waals surface area contributed by atoms with E-state index in [0.29, 0.717) is 0 Å². The average molecular weight is 290 g/mol. The molecule has 0 saturated carbocycles. The molecule has 3 nitrogen and oxygen atoms in total. The summed E-state index contributed by atoms with van der Waals surface area (Å²) in [5.41, 5.74) is 2.51. The van der Waals surface area contributed by atoms with Crippen LogP contribution in [-0.2, 0) is 9.59 Å². The van der Waals surface area contributed by atoms with Crippen LogP contribution in [0.15, 0.2) is 60.2 Å². The quantitative estimate of drug-likeness (QED) is 0.537. The van der Waals surface area contributed by atoms with Crippen LogP contribution in [0.4, 0.5) is 0 Å². The molecule has 22 heavy (non-hydrogen) atoms. The third-order valence-electron chi connectivity index (χ3n) is 2.94. The number of hydrogen-bond acceptors (Lipinski definition) is 2. The minimum Gasteiger partial charge on any atom is -0.475 e. The lowest BCUT2D eigenvalue weighted by Crippen LogP contribution is -2.14. The Kier molecular flexibility index (Phi) is 4.89. The van der Waals surface area contributed by atoms with E-state index >= 15 is 0 Å². The molecule has 0 atom stereocenters. The summed E-state index contributed by atoms with van der Waals surface area (Å²) in [7, 11) is 0. The van der Waals surface area contributed by atoms with Gasteiger partial charge in [0.05, 0.1) is 5.57 Å². The second kappa shape index (κ2) is 7.05. The van der Waals surface area contributed by atoms with Crippen molar-refractivity contribution >= 4 is 17.8 Å². The Hall–Kier alpha value is -3.12. The molecule has 0 spiro atoms. The zero-order valence-electron chi connectivity index (χ0n) is 12.0. The van der Waals surface area contributed by atoms with E-state index in [1.54, 1.807) is 12.1 Å². The number of hydrogen-bond donors (Lipinski definition) is 1. The first kappa shape index (κ1) is 15.3. The predicted molar refractivity (Wildman–Crippen MR) is 85.1 cm³/mol. The molecule has 0 amide bonds. The molecule has 0 aliphatic carbocycles. The van der Waals surface area contributed by atoms with Gasteiger partial charge in [-0.25, -0.2) is 4.79 Å². The Morgan fingerprint density at radius 3 is 2.23 bits per heavy atom. The molecule has 2 aromatic carbocycles. The van der Waals surface area contributed by atoms with Gasteiger partial charge in [0.15, 0.2) is 0 Å². The maximum Gasteiger partial charge on any atom is 0.377 e. The summed E-state index contributed by atoms with van der Waals surface area (Å²) in [4.78, 5) is 22.7. The maximum absolute atomic E-state index is 11.8. The van der Waals surface area contributed by atoms with Gasteiger partial charge in [-0.1, -0.05) is 59.9 Å². The summed E-state index contributed by atoms with van der Waals surface area (Å²) in [6.45, 7) is 1.96. The van der Waals surface area contributed by atoms with Crippen LogP contribution in [0.25, 0.3) is 6.08 Å². The fourth-order valence-corrected chi connectivity index (χ4v) is 1.77. The van der Waals surface area contributed by atoms with Crippen LogP contribution in [-0.4, -0.2) is 16.9 Å². The summed E-state index contributed by atoms with van der Waals surface area (Å²) in [5.74, 6) is 2.97. The van der Waals surface area contributed by atoms with Crippen molar-refractivity contribution in [2.45, 2.75) is 6.92 Å². The van der Waals surface area contributed by atoms with Gasteiger partial charge in [-0.15, -0.1) is 0 Å². The number of carboxylic acid groups (broad SMARTS) is 1. The predicted octanol–water partition coefficient (Wildman–Crippen LogP) is 3.08. The number of benzene rings is 2. The van der Waals surface area contributed by atoms with Gasteiger partial charge in [-0.3, -0.25) is 4.79 Å². The summed E-state index contributed by atoms with van der Waals surface area (Å²) in [5, 5.41) is 8.91. The number of carbonyl (C=O) groups excluding carboxylic acids is 1. The number of carbonyl (C=O) groups is 2. The first-order valence-electron chi connectivity index (χ1n) is 6.69. The Labute approximate surface area is 128 Å². The van der Waals surface area contributed by atoms with Gasteiger partial charge in [0.2, 0.25) is 0 Å². The Morgan fingerprint density at radius 2 is 1.64 bits per heavy atom. The standard InChI is InChI=1S/C19H14O3/c1-14-7-9-15(10-8-14)11-12-17(18(20)19(21)22)13-16-5-3-2-4-6-16/h2-10,13H,1H3,(H,21,22). The van der Waals surface area contributed by atoms with E-state index in [1.807, 2.05) is 49.4 Å². The third kappa shape index (κ3) is 4.19. The molecule has 0 aromatic heterocycles. The van der Waals surface area contributed by atoms with Crippen molar-refractivity contribution in [2.75, 3.05) is 0 Å². The molecular formula is C19H14O3. The van der Waals surface area contributed by atoms with Gasteiger partial charge in [0.1, 0.15) is 0 Å². The minimum atomic E-state index is -1.51. The van der Waals surface area contributed by atoms with Gasteiger partial charge >= 0.3 is 5.97 Å².